The number of thiazole rings is 2. The zero-order valence-electron chi connectivity index (χ0n) is 13.6. The molecule has 0 radical (unpaired) electrons. The number of carbonyl (C=O) groups excluding carboxylic acids is 1. The van der Waals surface area contributed by atoms with Crippen LogP contribution in [0.4, 0.5) is 5.13 Å². The minimum absolute atomic E-state index is 0.119. The van der Waals surface area contributed by atoms with Gasteiger partial charge in [-0.3, -0.25) is 4.79 Å². The summed E-state index contributed by atoms with van der Waals surface area (Å²) >= 11 is 8.98. The Morgan fingerprint density at radius 1 is 1.12 bits per heavy atom. The van der Waals surface area contributed by atoms with Gasteiger partial charge in [0.15, 0.2) is 5.13 Å². The fraction of sp³-hybridized carbons (Fsp3) is 0.105. The Balaban J connectivity index is 1.40. The zero-order chi connectivity index (χ0) is 17.9. The molecule has 0 aliphatic rings. The van der Waals surface area contributed by atoms with Crippen LogP contribution in [0.1, 0.15) is 16.3 Å². The van der Waals surface area contributed by atoms with Gasteiger partial charge in [0.05, 0.1) is 27.3 Å². The van der Waals surface area contributed by atoms with Crippen LogP contribution in [0.5, 0.6) is 0 Å². The predicted molar refractivity (Wildman–Crippen MR) is 108 cm³/mol. The van der Waals surface area contributed by atoms with Crippen LogP contribution >= 0.6 is 34.3 Å². The Hall–Kier alpha value is -2.28. The van der Waals surface area contributed by atoms with Crippen molar-refractivity contribution in [1.82, 2.24) is 9.97 Å². The Kier molecular flexibility index (Phi) is 4.97. The number of hydrogen-bond acceptors (Lipinski definition) is 5. The summed E-state index contributed by atoms with van der Waals surface area (Å²) < 4.78 is 0.951. The van der Waals surface area contributed by atoms with Crippen molar-refractivity contribution in [2.45, 2.75) is 12.8 Å². The average molecular weight is 400 g/mol. The maximum absolute atomic E-state index is 12.3. The smallest absolute Gasteiger partial charge is 0.232 e. The molecule has 26 heavy (non-hydrogen) atoms. The molecule has 4 rings (SSSR count). The number of rotatable bonds is 5. The summed E-state index contributed by atoms with van der Waals surface area (Å²) in [4.78, 5) is 21.3. The maximum atomic E-state index is 12.3. The lowest BCUT2D eigenvalue weighted by Gasteiger charge is -1.99. The topological polar surface area (TPSA) is 54.9 Å². The van der Waals surface area contributed by atoms with E-state index in [1.165, 1.54) is 16.9 Å². The van der Waals surface area contributed by atoms with E-state index < -0.39 is 0 Å². The van der Waals surface area contributed by atoms with Crippen LogP contribution in [0.15, 0.2) is 53.9 Å². The Morgan fingerprint density at radius 2 is 1.96 bits per heavy atom. The number of carbonyl (C=O) groups is 1. The molecule has 0 atom stereocenters. The van der Waals surface area contributed by atoms with Crippen LogP contribution in [0.2, 0.25) is 5.02 Å². The van der Waals surface area contributed by atoms with Crippen LogP contribution in [-0.2, 0) is 17.6 Å². The molecule has 2 aromatic carbocycles. The molecule has 0 spiro atoms. The Labute approximate surface area is 163 Å². The highest BCUT2D eigenvalue weighted by atomic mass is 35.5. The second-order valence-electron chi connectivity index (χ2n) is 5.75. The van der Waals surface area contributed by atoms with E-state index in [1.54, 1.807) is 17.4 Å². The van der Waals surface area contributed by atoms with Crippen molar-refractivity contribution in [1.29, 1.82) is 0 Å². The quantitative estimate of drug-likeness (QED) is 0.503. The molecule has 0 saturated carbocycles. The van der Waals surface area contributed by atoms with Crippen molar-refractivity contribution in [3.63, 3.8) is 0 Å². The molecule has 0 bridgehead atoms. The summed E-state index contributed by atoms with van der Waals surface area (Å²) in [5.41, 5.74) is 2.82. The molecule has 1 amide bonds. The Morgan fingerprint density at radius 3 is 2.81 bits per heavy atom. The van der Waals surface area contributed by atoms with E-state index in [4.69, 9.17) is 11.6 Å². The molecule has 4 nitrogen and oxygen atoms in total. The third kappa shape index (κ3) is 4.09. The number of benzene rings is 2. The van der Waals surface area contributed by atoms with Crippen molar-refractivity contribution in [3.8, 4) is 0 Å². The standard InChI is InChI=1S/C19H14ClN3OS2/c20-13-6-7-15-16(9-13)26-19(22-15)23-17(24)10-14-11-25-18(21-14)8-12-4-2-1-3-5-12/h1-7,9,11H,8,10H2,(H,22,23,24). The maximum Gasteiger partial charge on any atom is 0.232 e. The van der Waals surface area contributed by atoms with E-state index in [0.29, 0.717) is 10.2 Å². The van der Waals surface area contributed by atoms with Crippen molar-refractivity contribution >= 4 is 55.5 Å². The summed E-state index contributed by atoms with van der Waals surface area (Å²) in [5, 5.41) is 7.03. The minimum Gasteiger partial charge on any atom is -0.302 e. The van der Waals surface area contributed by atoms with Gasteiger partial charge in [-0.15, -0.1) is 11.3 Å². The van der Waals surface area contributed by atoms with E-state index in [0.717, 1.165) is 27.3 Å². The van der Waals surface area contributed by atoms with E-state index in [2.05, 4.69) is 27.4 Å². The number of amides is 1. The van der Waals surface area contributed by atoms with Crippen LogP contribution in [0, 0.1) is 0 Å². The summed E-state index contributed by atoms with van der Waals surface area (Å²) in [6, 6.07) is 15.7. The predicted octanol–water partition coefficient (Wildman–Crippen LogP) is 5.18. The summed E-state index contributed by atoms with van der Waals surface area (Å²) in [6.07, 6.45) is 1.02. The monoisotopic (exact) mass is 399 g/mol. The van der Waals surface area contributed by atoms with Crippen molar-refractivity contribution < 1.29 is 4.79 Å². The second-order valence-corrected chi connectivity index (χ2v) is 8.16. The third-order valence-corrected chi connectivity index (χ3v) is 5.80. The molecule has 2 aromatic heterocycles. The number of halogens is 1. The lowest BCUT2D eigenvalue weighted by molar-refractivity contribution is -0.115. The molecule has 130 valence electrons. The van der Waals surface area contributed by atoms with Gasteiger partial charge in [-0.1, -0.05) is 53.3 Å². The van der Waals surface area contributed by atoms with Gasteiger partial charge >= 0.3 is 0 Å². The molecule has 0 fully saturated rings. The van der Waals surface area contributed by atoms with Crippen LogP contribution in [0.25, 0.3) is 10.2 Å². The average Bonchev–Trinajstić information content (AvgIpc) is 3.21. The lowest BCUT2D eigenvalue weighted by Crippen LogP contribution is -2.14. The van der Waals surface area contributed by atoms with Crippen LogP contribution in [-0.4, -0.2) is 15.9 Å². The first-order valence-corrected chi connectivity index (χ1v) is 10.1. The molecule has 1 N–H and O–H groups in total. The zero-order valence-corrected chi connectivity index (χ0v) is 16.0. The number of fused-ring (bicyclic) bond motifs is 1. The highest BCUT2D eigenvalue weighted by molar-refractivity contribution is 7.22. The minimum atomic E-state index is -0.119. The fourth-order valence-electron chi connectivity index (χ4n) is 2.56. The molecule has 0 aliphatic carbocycles. The third-order valence-electron chi connectivity index (χ3n) is 3.74. The van der Waals surface area contributed by atoms with Crippen LogP contribution < -0.4 is 5.32 Å². The largest absolute Gasteiger partial charge is 0.302 e. The molecule has 7 heteroatoms. The fourth-order valence-corrected chi connectivity index (χ4v) is 4.55. The van der Waals surface area contributed by atoms with Gasteiger partial charge in [0.2, 0.25) is 5.91 Å². The lowest BCUT2D eigenvalue weighted by atomic mass is 10.2. The molecular formula is C19H14ClN3OS2. The summed E-state index contributed by atoms with van der Waals surface area (Å²) in [7, 11) is 0. The second kappa shape index (κ2) is 7.53. The number of hydrogen-bond donors (Lipinski definition) is 1. The molecule has 0 unspecified atom stereocenters. The van der Waals surface area contributed by atoms with Gasteiger partial charge in [0.1, 0.15) is 0 Å². The van der Waals surface area contributed by atoms with Crippen molar-refractivity contribution in [2.24, 2.45) is 0 Å². The van der Waals surface area contributed by atoms with Gasteiger partial charge in [-0.25, -0.2) is 9.97 Å². The first-order chi connectivity index (χ1) is 12.7. The van der Waals surface area contributed by atoms with Gasteiger partial charge in [-0.2, -0.15) is 0 Å². The van der Waals surface area contributed by atoms with E-state index in [1.807, 2.05) is 35.7 Å². The number of nitrogens with zero attached hydrogens (tertiary/aromatic N) is 2. The molecule has 0 saturated heterocycles. The highest BCUT2D eigenvalue weighted by Gasteiger charge is 2.11. The van der Waals surface area contributed by atoms with Gasteiger partial charge in [-0.05, 0) is 23.8 Å². The first kappa shape index (κ1) is 17.1. The van der Waals surface area contributed by atoms with Gasteiger partial charge in [0, 0.05) is 16.8 Å². The summed E-state index contributed by atoms with van der Waals surface area (Å²) in [5.74, 6) is -0.119. The molecule has 2 heterocycles. The van der Waals surface area contributed by atoms with Crippen molar-refractivity contribution in [3.05, 3.63) is 75.2 Å². The molecule has 4 aromatic rings. The molecular weight excluding hydrogens is 386 g/mol. The van der Waals surface area contributed by atoms with Gasteiger partial charge in [0.25, 0.3) is 0 Å². The summed E-state index contributed by atoms with van der Waals surface area (Å²) in [6.45, 7) is 0. The van der Waals surface area contributed by atoms with E-state index in [9.17, 15) is 4.79 Å². The Bertz CT molecular complexity index is 1060. The van der Waals surface area contributed by atoms with Crippen LogP contribution in [0.3, 0.4) is 0 Å². The van der Waals surface area contributed by atoms with E-state index in [-0.39, 0.29) is 12.3 Å². The number of aromatic nitrogens is 2. The SMILES string of the molecule is O=C(Cc1csc(Cc2ccccc2)n1)Nc1nc2ccc(Cl)cc2s1. The first-order valence-electron chi connectivity index (χ1n) is 7.99. The molecule has 0 aliphatic heterocycles. The number of anilines is 1. The van der Waals surface area contributed by atoms with E-state index >= 15 is 0 Å². The van der Waals surface area contributed by atoms with Crippen molar-refractivity contribution in [2.75, 3.05) is 5.32 Å². The highest BCUT2D eigenvalue weighted by Crippen LogP contribution is 2.28. The normalized spacial score (nSPS) is 11.0. The van der Waals surface area contributed by atoms with Gasteiger partial charge < -0.3 is 5.32 Å². The number of nitrogens with one attached hydrogen (secondary N) is 1.